The second-order valence-corrected chi connectivity index (χ2v) is 11.5. The molecule has 1 atom stereocenters. The molecule has 170 valence electrons. The number of H-pyrrole nitrogens is 1. The normalized spacial score (nSPS) is 17.3. The number of halogens is 3. The SMILES string of the molecule is CP(C)(=O)c1ccccc1-c1cc(-c2nc(NC3CCCNC3)ncc2C(F)(F)F)c[nH]1. The average molecular weight is 463 g/mol. The summed E-state index contributed by atoms with van der Waals surface area (Å²) in [6.45, 7) is 4.96. The number of rotatable bonds is 5. The van der Waals surface area contributed by atoms with E-state index in [1.54, 1.807) is 43.7 Å². The summed E-state index contributed by atoms with van der Waals surface area (Å²) in [5.74, 6) is 0.163. The lowest BCUT2D eigenvalue weighted by atomic mass is 10.1. The highest BCUT2D eigenvalue weighted by Gasteiger charge is 2.36. The Kier molecular flexibility index (Phi) is 6.14. The first kappa shape index (κ1) is 22.6. The van der Waals surface area contributed by atoms with Crippen molar-refractivity contribution in [1.29, 1.82) is 0 Å². The predicted octanol–water partition coefficient (Wildman–Crippen LogP) is 4.57. The summed E-state index contributed by atoms with van der Waals surface area (Å²) in [6.07, 6.45) is -0.409. The molecule has 3 heterocycles. The van der Waals surface area contributed by atoms with Crippen LogP contribution in [0.2, 0.25) is 0 Å². The molecule has 1 fully saturated rings. The van der Waals surface area contributed by atoms with Crippen LogP contribution in [-0.2, 0) is 10.7 Å². The van der Waals surface area contributed by atoms with Crippen LogP contribution in [0.5, 0.6) is 0 Å². The molecule has 1 aliphatic heterocycles. The number of anilines is 1. The molecular formula is C22H25F3N5OP. The zero-order valence-corrected chi connectivity index (χ0v) is 18.7. The van der Waals surface area contributed by atoms with Gasteiger partial charge in [0.2, 0.25) is 5.95 Å². The topological polar surface area (TPSA) is 82.7 Å². The number of nitrogens with one attached hydrogen (secondary N) is 3. The first-order valence-electron chi connectivity index (χ1n) is 10.4. The lowest BCUT2D eigenvalue weighted by molar-refractivity contribution is -0.137. The maximum Gasteiger partial charge on any atom is 0.419 e. The van der Waals surface area contributed by atoms with Gasteiger partial charge in [-0.3, -0.25) is 0 Å². The van der Waals surface area contributed by atoms with Crippen LogP contribution in [0.3, 0.4) is 0 Å². The summed E-state index contributed by atoms with van der Waals surface area (Å²) in [4.78, 5) is 11.2. The summed E-state index contributed by atoms with van der Waals surface area (Å²) >= 11 is 0. The Hall–Kier alpha value is -2.64. The highest BCUT2D eigenvalue weighted by Crippen LogP contribution is 2.40. The number of hydrogen-bond acceptors (Lipinski definition) is 5. The average Bonchev–Trinajstić information content (AvgIpc) is 3.23. The number of nitrogens with zero attached hydrogens (tertiary/aromatic N) is 2. The van der Waals surface area contributed by atoms with E-state index in [9.17, 15) is 17.7 Å². The molecule has 1 aliphatic rings. The van der Waals surface area contributed by atoms with Crippen LogP contribution in [0.1, 0.15) is 18.4 Å². The number of hydrogen-bond donors (Lipinski definition) is 3. The molecule has 2 aromatic heterocycles. The van der Waals surface area contributed by atoms with E-state index in [0.717, 1.165) is 25.6 Å². The molecule has 0 spiro atoms. The van der Waals surface area contributed by atoms with Crippen LogP contribution in [-0.4, -0.2) is 47.4 Å². The van der Waals surface area contributed by atoms with Gasteiger partial charge in [-0.15, -0.1) is 0 Å². The van der Waals surface area contributed by atoms with Gasteiger partial charge in [-0.1, -0.05) is 24.3 Å². The van der Waals surface area contributed by atoms with Crippen molar-refractivity contribution in [3.63, 3.8) is 0 Å². The smallest absolute Gasteiger partial charge is 0.360 e. The summed E-state index contributed by atoms with van der Waals surface area (Å²) in [7, 11) is -2.59. The molecule has 10 heteroatoms. The Bertz CT molecular complexity index is 1150. The van der Waals surface area contributed by atoms with Gasteiger partial charge in [-0.2, -0.15) is 13.2 Å². The summed E-state index contributed by atoms with van der Waals surface area (Å²) < 4.78 is 53.9. The minimum Gasteiger partial charge on any atom is -0.360 e. The molecule has 0 amide bonds. The Balaban J connectivity index is 1.74. The Morgan fingerprint density at radius 2 is 2.00 bits per heavy atom. The van der Waals surface area contributed by atoms with Crippen molar-refractivity contribution in [2.75, 3.05) is 31.7 Å². The van der Waals surface area contributed by atoms with E-state index in [4.69, 9.17) is 0 Å². The first-order chi connectivity index (χ1) is 15.1. The Morgan fingerprint density at radius 3 is 2.69 bits per heavy atom. The third kappa shape index (κ3) is 4.89. The highest BCUT2D eigenvalue weighted by atomic mass is 31.2. The molecule has 0 aliphatic carbocycles. The largest absolute Gasteiger partial charge is 0.419 e. The minimum atomic E-state index is -4.60. The van der Waals surface area contributed by atoms with Gasteiger partial charge in [0.1, 0.15) is 12.7 Å². The van der Waals surface area contributed by atoms with E-state index in [1.165, 1.54) is 6.20 Å². The quantitative estimate of drug-likeness (QED) is 0.483. The molecule has 1 saturated heterocycles. The van der Waals surface area contributed by atoms with Crippen molar-refractivity contribution >= 4 is 18.4 Å². The zero-order chi connectivity index (χ0) is 22.9. The molecule has 3 N–H and O–H groups in total. The van der Waals surface area contributed by atoms with E-state index >= 15 is 0 Å². The number of aromatic amines is 1. The van der Waals surface area contributed by atoms with Crippen molar-refractivity contribution in [2.45, 2.75) is 25.1 Å². The second-order valence-electron chi connectivity index (χ2n) is 8.31. The first-order valence-corrected chi connectivity index (χ1v) is 13.0. The molecule has 32 heavy (non-hydrogen) atoms. The van der Waals surface area contributed by atoms with Gasteiger partial charge in [0.15, 0.2) is 0 Å². The van der Waals surface area contributed by atoms with Gasteiger partial charge in [0.25, 0.3) is 0 Å². The van der Waals surface area contributed by atoms with Crippen molar-refractivity contribution in [1.82, 2.24) is 20.3 Å². The number of alkyl halides is 3. The lowest BCUT2D eigenvalue weighted by Crippen LogP contribution is -2.38. The number of aromatic nitrogens is 3. The maximum atomic E-state index is 13.7. The highest BCUT2D eigenvalue weighted by molar-refractivity contribution is 7.70. The van der Waals surface area contributed by atoms with Crippen molar-refractivity contribution in [3.05, 3.63) is 48.3 Å². The molecular weight excluding hydrogens is 438 g/mol. The standard InChI is InChI=1S/C22H25F3N5OP/c1-32(2,31)19-8-4-3-7-16(19)18-10-14(11-27-18)20-17(22(23,24)25)13-28-21(30-20)29-15-6-5-9-26-12-15/h3-4,7-8,10-11,13,15,26-27H,5-6,9,12H2,1-2H3,(H,28,29,30). The fraction of sp³-hybridized carbons (Fsp3) is 0.364. The van der Waals surface area contributed by atoms with Crippen LogP contribution in [0.25, 0.3) is 22.5 Å². The third-order valence-corrected chi connectivity index (χ3v) is 7.01. The molecule has 1 aromatic carbocycles. The van der Waals surface area contributed by atoms with Gasteiger partial charge in [0.05, 0.1) is 5.69 Å². The van der Waals surface area contributed by atoms with Crippen LogP contribution in [0.4, 0.5) is 19.1 Å². The monoisotopic (exact) mass is 463 g/mol. The molecule has 3 aromatic rings. The lowest BCUT2D eigenvalue weighted by Gasteiger charge is -2.24. The van der Waals surface area contributed by atoms with Gasteiger partial charge in [-0.05, 0) is 38.8 Å². The fourth-order valence-corrected chi connectivity index (χ4v) is 5.11. The van der Waals surface area contributed by atoms with Crippen LogP contribution >= 0.6 is 7.14 Å². The van der Waals surface area contributed by atoms with E-state index in [1.807, 2.05) is 0 Å². The summed E-state index contributed by atoms with van der Waals surface area (Å²) in [6, 6.07) is 8.86. The van der Waals surface area contributed by atoms with Gasteiger partial charge in [0, 0.05) is 47.1 Å². The summed E-state index contributed by atoms with van der Waals surface area (Å²) in [5.41, 5.74) is 0.463. The van der Waals surface area contributed by atoms with E-state index in [2.05, 4.69) is 25.6 Å². The number of benzene rings is 1. The van der Waals surface area contributed by atoms with Crippen molar-refractivity contribution < 1.29 is 17.7 Å². The Labute approximate surface area is 184 Å². The molecule has 0 saturated carbocycles. The van der Waals surface area contributed by atoms with Crippen LogP contribution in [0, 0.1) is 0 Å². The predicted molar refractivity (Wildman–Crippen MR) is 121 cm³/mol. The van der Waals surface area contributed by atoms with Gasteiger partial charge >= 0.3 is 6.18 Å². The van der Waals surface area contributed by atoms with E-state index in [0.29, 0.717) is 23.1 Å². The van der Waals surface area contributed by atoms with Crippen molar-refractivity contribution in [3.8, 4) is 22.5 Å². The van der Waals surface area contributed by atoms with E-state index in [-0.39, 0.29) is 23.2 Å². The molecule has 0 radical (unpaired) electrons. The van der Waals surface area contributed by atoms with Gasteiger partial charge in [-0.25, -0.2) is 9.97 Å². The fourth-order valence-electron chi connectivity index (χ4n) is 3.89. The van der Waals surface area contributed by atoms with E-state index < -0.39 is 18.9 Å². The molecule has 6 nitrogen and oxygen atoms in total. The summed E-state index contributed by atoms with van der Waals surface area (Å²) in [5, 5.41) is 7.05. The zero-order valence-electron chi connectivity index (χ0n) is 17.8. The third-order valence-electron chi connectivity index (χ3n) is 5.46. The minimum absolute atomic E-state index is 0.0604. The maximum absolute atomic E-state index is 13.7. The van der Waals surface area contributed by atoms with Gasteiger partial charge < -0.3 is 20.2 Å². The molecule has 1 unspecified atom stereocenters. The Morgan fingerprint density at radius 1 is 1.22 bits per heavy atom. The number of piperidine rings is 1. The van der Waals surface area contributed by atoms with Crippen molar-refractivity contribution in [2.24, 2.45) is 0 Å². The molecule has 4 rings (SSSR count). The molecule has 0 bridgehead atoms. The second kappa shape index (κ2) is 8.71. The van der Waals surface area contributed by atoms with Crippen LogP contribution < -0.4 is 15.9 Å². The van der Waals surface area contributed by atoms with Crippen LogP contribution in [0.15, 0.2) is 42.7 Å².